The third kappa shape index (κ3) is 2.11. The molecule has 0 aromatic heterocycles. The van der Waals surface area contributed by atoms with Gasteiger partial charge >= 0.3 is 6.47 Å². The van der Waals surface area contributed by atoms with Crippen molar-refractivity contribution in [2.24, 2.45) is 0 Å². The molecular formula is C9H9O4. The lowest BCUT2D eigenvalue weighted by molar-refractivity contribution is 0.372. The van der Waals surface area contributed by atoms with Gasteiger partial charge in [-0.05, 0) is 12.1 Å². The summed E-state index contributed by atoms with van der Waals surface area (Å²) >= 11 is 0. The molecule has 0 aliphatic heterocycles. The molecular weight excluding hydrogens is 172 g/mol. The molecule has 0 atom stereocenters. The molecule has 0 saturated heterocycles. The first-order valence-electron chi connectivity index (χ1n) is 3.58. The molecule has 0 fully saturated rings. The van der Waals surface area contributed by atoms with Gasteiger partial charge in [-0.2, -0.15) is 0 Å². The lowest BCUT2D eigenvalue weighted by Gasteiger charge is -2.06. The third-order valence-corrected chi connectivity index (χ3v) is 1.52. The van der Waals surface area contributed by atoms with Crippen LogP contribution in [0.25, 0.3) is 0 Å². The molecule has 0 aliphatic rings. The molecule has 0 bridgehead atoms. The number of hydrogen-bond donors (Lipinski definition) is 0. The van der Waals surface area contributed by atoms with Gasteiger partial charge in [-0.1, -0.05) is 0 Å². The fraction of sp³-hybridized carbons (Fsp3) is 0.222. The molecule has 69 valence electrons. The quantitative estimate of drug-likeness (QED) is 0.698. The van der Waals surface area contributed by atoms with E-state index in [4.69, 9.17) is 9.47 Å². The van der Waals surface area contributed by atoms with E-state index in [0.717, 1.165) is 0 Å². The Bertz CT molecular complexity index is 296. The number of carbonyl (C=O) groups excluding carboxylic acids is 1. The maximum atomic E-state index is 10.00. The molecule has 0 saturated carbocycles. The Kier molecular flexibility index (Phi) is 3.14. The van der Waals surface area contributed by atoms with Crippen molar-refractivity contribution in [2.45, 2.75) is 0 Å². The number of ether oxygens (including phenoxy) is 3. The van der Waals surface area contributed by atoms with Crippen LogP contribution in [-0.4, -0.2) is 20.7 Å². The smallest absolute Gasteiger partial charge is 0.423 e. The average molecular weight is 181 g/mol. The van der Waals surface area contributed by atoms with Crippen molar-refractivity contribution in [1.29, 1.82) is 0 Å². The van der Waals surface area contributed by atoms with E-state index in [0.29, 0.717) is 11.5 Å². The fourth-order valence-electron chi connectivity index (χ4n) is 0.909. The van der Waals surface area contributed by atoms with Crippen LogP contribution in [0, 0.1) is 0 Å². The van der Waals surface area contributed by atoms with Crippen LogP contribution in [0.3, 0.4) is 0 Å². The zero-order chi connectivity index (χ0) is 9.68. The van der Waals surface area contributed by atoms with E-state index < -0.39 is 0 Å². The molecule has 4 nitrogen and oxygen atoms in total. The second-order valence-corrected chi connectivity index (χ2v) is 2.20. The topological polar surface area (TPSA) is 44.8 Å². The second kappa shape index (κ2) is 4.35. The minimum Gasteiger partial charge on any atom is -0.497 e. The average Bonchev–Trinajstić information content (AvgIpc) is 2.18. The van der Waals surface area contributed by atoms with Gasteiger partial charge in [0.15, 0.2) is 11.5 Å². The van der Waals surface area contributed by atoms with Gasteiger partial charge in [0.05, 0.1) is 14.2 Å². The van der Waals surface area contributed by atoms with Crippen molar-refractivity contribution in [3.63, 3.8) is 0 Å². The van der Waals surface area contributed by atoms with Crippen molar-refractivity contribution < 1.29 is 19.0 Å². The first-order chi connectivity index (χ1) is 6.31. The summed E-state index contributed by atoms with van der Waals surface area (Å²) < 4.78 is 14.4. The number of benzene rings is 1. The molecule has 13 heavy (non-hydrogen) atoms. The van der Waals surface area contributed by atoms with Crippen LogP contribution in [0.1, 0.15) is 0 Å². The van der Waals surface area contributed by atoms with Crippen LogP contribution < -0.4 is 14.2 Å². The SMILES string of the molecule is COc1ccc(OC)c(O[C]=O)c1. The highest BCUT2D eigenvalue weighted by Crippen LogP contribution is 2.30. The zero-order valence-corrected chi connectivity index (χ0v) is 7.37. The van der Waals surface area contributed by atoms with E-state index in [1.807, 2.05) is 0 Å². The van der Waals surface area contributed by atoms with E-state index >= 15 is 0 Å². The van der Waals surface area contributed by atoms with Crippen molar-refractivity contribution >= 4 is 6.47 Å². The Morgan fingerprint density at radius 1 is 1.15 bits per heavy atom. The van der Waals surface area contributed by atoms with Gasteiger partial charge < -0.3 is 14.2 Å². The summed E-state index contributed by atoms with van der Waals surface area (Å²) in [6, 6.07) is 4.89. The van der Waals surface area contributed by atoms with Gasteiger partial charge in [0.25, 0.3) is 0 Å². The highest BCUT2D eigenvalue weighted by molar-refractivity contribution is 5.53. The molecule has 0 heterocycles. The van der Waals surface area contributed by atoms with Crippen molar-refractivity contribution in [1.82, 2.24) is 0 Å². The summed E-state index contributed by atoms with van der Waals surface area (Å²) in [5, 5.41) is 0. The molecule has 0 N–H and O–H groups in total. The summed E-state index contributed by atoms with van der Waals surface area (Å²) in [5.41, 5.74) is 0. The summed E-state index contributed by atoms with van der Waals surface area (Å²) in [4.78, 5) is 10.00. The van der Waals surface area contributed by atoms with Crippen LogP contribution in [0.5, 0.6) is 17.2 Å². The Hall–Kier alpha value is -1.71. The summed E-state index contributed by atoms with van der Waals surface area (Å²) in [6.45, 7) is 1.32. The van der Waals surface area contributed by atoms with E-state index in [9.17, 15) is 4.79 Å². The largest absolute Gasteiger partial charge is 0.497 e. The highest BCUT2D eigenvalue weighted by Gasteiger charge is 2.05. The number of hydrogen-bond acceptors (Lipinski definition) is 4. The Balaban J connectivity index is 3.01. The molecule has 0 spiro atoms. The molecule has 4 heteroatoms. The third-order valence-electron chi connectivity index (χ3n) is 1.52. The Labute approximate surface area is 76.0 Å². The monoisotopic (exact) mass is 181 g/mol. The Morgan fingerprint density at radius 2 is 1.92 bits per heavy atom. The predicted molar refractivity (Wildman–Crippen MR) is 45.9 cm³/mol. The summed E-state index contributed by atoms with van der Waals surface area (Å²) in [6.07, 6.45) is 0. The van der Waals surface area contributed by atoms with Crippen LogP contribution in [0.2, 0.25) is 0 Å². The lowest BCUT2D eigenvalue weighted by Crippen LogP contribution is -1.94. The summed E-state index contributed by atoms with van der Waals surface area (Å²) in [5.74, 6) is 1.34. The summed E-state index contributed by atoms with van der Waals surface area (Å²) in [7, 11) is 3.01. The van der Waals surface area contributed by atoms with Crippen LogP contribution in [0.15, 0.2) is 18.2 Å². The first kappa shape index (κ1) is 9.38. The van der Waals surface area contributed by atoms with E-state index in [2.05, 4.69) is 4.74 Å². The maximum Gasteiger partial charge on any atom is 0.423 e. The van der Waals surface area contributed by atoms with Gasteiger partial charge in [-0.25, -0.2) is 4.79 Å². The zero-order valence-electron chi connectivity index (χ0n) is 7.37. The van der Waals surface area contributed by atoms with Gasteiger partial charge in [-0.3, -0.25) is 0 Å². The molecule has 1 rings (SSSR count). The predicted octanol–water partition coefficient (Wildman–Crippen LogP) is 1.15. The Morgan fingerprint density at radius 3 is 2.46 bits per heavy atom. The minimum absolute atomic E-state index is 0.289. The normalized spacial score (nSPS) is 9.08. The number of rotatable bonds is 4. The molecule has 0 amide bonds. The second-order valence-electron chi connectivity index (χ2n) is 2.20. The van der Waals surface area contributed by atoms with Crippen LogP contribution in [0.4, 0.5) is 0 Å². The molecule has 0 aliphatic carbocycles. The van der Waals surface area contributed by atoms with Crippen molar-refractivity contribution in [3.05, 3.63) is 18.2 Å². The highest BCUT2D eigenvalue weighted by atomic mass is 16.5. The van der Waals surface area contributed by atoms with Gasteiger partial charge in [0.1, 0.15) is 5.75 Å². The molecule has 0 unspecified atom stereocenters. The van der Waals surface area contributed by atoms with E-state index in [1.54, 1.807) is 18.2 Å². The van der Waals surface area contributed by atoms with Crippen molar-refractivity contribution in [3.8, 4) is 17.2 Å². The standard InChI is InChI=1S/C9H9O4/c1-11-7-3-4-8(12-2)9(5-7)13-6-10/h3-5H,1-2H3. The number of methoxy groups -OCH3 is 2. The van der Waals surface area contributed by atoms with Crippen LogP contribution in [-0.2, 0) is 4.79 Å². The van der Waals surface area contributed by atoms with Gasteiger partial charge in [0.2, 0.25) is 0 Å². The molecule has 1 aromatic carbocycles. The van der Waals surface area contributed by atoms with Crippen molar-refractivity contribution in [2.75, 3.05) is 14.2 Å². The molecule has 1 aromatic rings. The van der Waals surface area contributed by atoms with Gasteiger partial charge in [-0.15, -0.1) is 0 Å². The maximum absolute atomic E-state index is 10.00. The van der Waals surface area contributed by atoms with E-state index in [-0.39, 0.29) is 5.75 Å². The van der Waals surface area contributed by atoms with Gasteiger partial charge in [0, 0.05) is 6.07 Å². The fourth-order valence-corrected chi connectivity index (χ4v) is 0.909. The first-order valence-corrected chi connectivity index (χ1v) is 3.58. The minimum atomic E-state index is 0.289. The van der Waals surface area contributed by atoms with Crippen LogP contribution >= 0.6 is 0 Å². The lowest BCUT2D eigenvalue weighted by atomic mass is 10.3. The molecule has 1 radical (unpaired) electrons. The van der Waals surface area contributed by atoms with E-state index in [1.165, 1.54) is 20.7 Å².